The van der Waals surface area contributed by atoms with Crippen LogP contribution in [0, 0.1) is 11.2 Å². The van der Waals surface area contributed by atoms with Crippen LogP contribution in [0.25, 0.3) is 10.9 Å². The van der Waals surface area contributed by atoms with E-state index in [4.69, 9.17) is 0 Å². The van der Waals surface area contributed by atoms with E-state index in [1.807, 2.05) is 19.2 Å². The molecule has 2 fully saturated rings. The maximum atomic E-state index is 14.3. The lowest BCUT2D eigenvalue weighted by atomic mass is 9.66. The highest BCUT2D eigenvalue weighted by Crippen LogP contribution is 2.46. The molecule has 4 rings (SSSR count). The molecule has 3 unspecified atom stereocenters. The predicted molar refractivity (Wildman–Crippen MR) is 103 cm³/mol. The fourth-order valence-electron chi connectivity index (χ4n) is 5.36. The molecule has 1 aromatic carbocycles. The second-order valence-electron chi connectivity index (χ2n) is 8.62. The van der Waals surface area contributed by atoms with Gasteiger partial charge in [-0.1, -0.05) is 32.8 Å². The van der Waals surface area contributed by atoms with E-state index in [0.717, 1.165) is 30.5 Å². The summed E-state index contributed by atoms with van der Waals surface area (Å²) >= 11 is 0. The number of likely N-dealkylation sites (tertiary alicyclic amines) is 1. The number of hydrogen-bond donors (Lipinski definition) is 1. The average molecular weight is 356 g/mol. The van der Waals surface area contributed by atoms with Crippen molar-refractivity contribution >= 4 is 16.8 Å². The monoisotopic (exact) mass is 356 g/mol. The zero-order valence-corrected chi connectivity index (χ0v) is 15.9. The summed E-state index contributed by atoms with van der Waals surface area (Å²) in [5, 5.41) is 0.633. The topological polar surface area (TPSA) is 36.1 Å². The Hall–Kier alpha value is -1.84. The van der Waals surface area contributed by atoms with Crippen LogP contribution in [-0.4, -0.2) is 28.4 Å². The van der Waals surface area contributed by atoms with Gasteiger partial charge in [0, 0.05) is 36.1 Å². The number of nitrogens with one attached hydrogen (secondary N) is 1. The van der Waals surface area contributed by atoms with Gasteiger partial charge in [-0.3, -0.25) is 4.79 Å². The van der Waals surface area contributed by atoms with Crippen molar-refractivity contribution in [2.24, 2.45) is 5.41 Å². The van der Waals surface area contributed by atoms with E-state index in [1.165, 1.54) is 31.7 Å². The van der Waals surface area contributed by atoms with Crippen LogP contribution >= 0.6 is 0 Å². The lowest BCUT2D eigenvalue weighted by Crippen LogP contribution is -2.54. The second-order valence-corrected chi connectivity index (χ2v) is 8.62. The first-order valence-electron chi connectivity index (χ1n) is 10.0. The molecule has 1 aromatic heterocycles. The summed E-state index contributed by atoms with van der Waals surface area (Å²) in [6.07, 6.45) is 9.57. The Morgan fingerprint density at radius 2 is 2.15 bits per heavy atom. The van der Waals surface area contributed by atoms with E-state index in [9.17, 15) is 9.18 Å². The fourth-order valence-corrected chi connectivity index (χ4v) is 5.36. The number of fused-ring (bicyclic) bond motifs is 2. The van der Waals surface area contributed by atoms with Gasteiger partial charge in [-0.15, -0.1) is 0 Å². The number of rotatable bonds is 3. The molecule has 0 bridgehead atoms. The molecule has 1 aliphatic carbocycles. The van der Waals surface area contributed by atoms with Gasteiger partial charge in [0.1, 0.15) is 5.82 Å². The average Bonchev–Trinajstić information content (AvgIpc) is 3.06. The third kappa shape index (κ3) is 2.93. The van der Waals surface area contributed by atoms with Crippen LogP contribution in [-0.2, 0) is 4.79 Å². The standard InChI is InChI=1S/C22H29FN2O/c1-15(16-14-24-18-8-5-7-17(23)21(16)18)13-20(26)25-12-6-11-22(2)10-4-3-9-19(22)25/h5,7-8,14-15,19,24H,3-4,6,9-13H2,1-2H3. The highest BCUT2D eigenvalue weighted by Gasteiger charge is 2.44. The van der Waals surface area contributed by atoms with Crippen molar-refractivity contribution in [3.63, 3.8) is 0 Å². The van der Waals surface area contributed by atoms with Gasteiger partial charge < -0.3 is 9.88 Å². The van der Waals surface area contributed by atoms with Gasteiger partial charge in [-0.25, -0.2) is 4.39 Å². The summed E-state index contributed by atoms with van der Waals surface area (Å²) in [4.78, 5) is 18.4. The molecule has 2 heterocycles. The lowest BCUT2D eigenvalue weighted by molar-refractivity contribution is -0.141. The Labute approximate surface area is 155 Å². The highest BCUT2D eigenvalue weighted by molar-refractivity contribution is 5.85. The van der Waals surface area contributed by atoms with E-state index in [2.05, 4.69) is 16.8 Å². The van der Waals surface area contributed by atoms with Crippen molar-refractivity contribution in [2.75, 3.05) is 6.54 Å². The summed E-state index contributed by atoms with van der Waals surface area (Å²) in [6, 6.07) is 5.48. The van der Waals surface area contributed by atoms with Crippen LogP contribution in [0.2, 0.25) is 0 Å². The summed E-state index contributed by atoms with van der Waals surface area (Å²) in [5.41, 5.74) is 2.01. The predicted octanol–water partition coefficient (Wildman–Crippen LogP) is 5.37. The number of piperidine rings is 1. The third-order valence-electron chi connectivity index (χ3n) is 6.82. The number of amides is 1. The van der Waals surface area contributed by atoms with Crippen molar-refractivity contribution in [3.05, 3.63) is 35.8 Å². The van der Waals surface area contributed by atoms with Crippen LogP contribution < -0.4 is 0 Å². The molecule has 140 valence electrons. The van der Waals surface area contributed by atoms with Crippen LogP contribution in [0.1, 0.15) is 70.3 Å². The molecule has 0 spiro atoms. The molecule has 26 heavy (non-hydrogen) atoms. The fraction of sp³-hybridized carbons (Fsp3) is 0.591. The van der Waals surface area contributed by atoms with Gasteiger partial charge in [0.05, 0.1) is 0 Å². The van der Waals surface area contributed by atoms with Gasteiger partial charge in [-0.2, -0.15) is 0 Å². The van der Waals surface area contributed by atoms with Crippen molar-refractivity contribution in [2.45, 2.75) is 70.8 Å². The smallest absolute Gasteiger partial charge is 0.223 e. The minimum Gasteiger partial charge on any atom is -0.361 e. The Morgan fingerprint density at radius 3 is 3.00 bits per heavy atom. The van der Waals surface area contributed by atoms with E-state index >= 15 is 0 Å². The summed E-state index contributed by atoms with van der Waals surface area (Å²) in [7, 11) is 0. The number of aromatic nitrogens is 1. The summed E-state index contributed by atoms with van der Waals surface area (Å²) in [6.45, 7) is 5.29. The van der Waals surface area contributed by atoms with Gasteiger partial charge in [0.15, 0.2) is 0 Å². The van der Waals surface area contributed by atoms with Crippen LogP contribution in [0.5, 0.6) is 0 Å². The number of benzene rings is 1. The molecule has 1 saturated carbocycles. The molecule has 1 saturated heterocycles. The number of carbonyl (C=O) groups is 1. The molecule has 1 amide bonds. The van der Waals surface area contributed by atoms with Crippen molar-refractivity contribution in [1.82, 2.24) is 9.88 Å². The molecule has 2 aliphatic rings. The molecule has 1 aliphatic heterocycles. The Kier molecular flexibility index (Phi) is 4.54. The number of halogens is 1. The summed E-state index contributed by atoms with van der Waals surface area (Å²) < 4.78 is 14.3. The normalized spacial score (nSPS) is 27.3. The number of hydrogen-bond acceptors (Lipinski definition) is 1. The Balaban J connectivity index is 1.53. The van der Waals surface area contributed by atoms with Crippen molar-refractivity contribution in [1.29, 1.82) is 0 Å². The van der Waals surface area contributed by atoms with E-state index in [1.54, 1.807) is 6.07 Å². The first-order chi connectivity index (χ1) is 12.5. The van der Waals surface area contributed by atoms with Gasteiger partial charge in [0.25, 0.3) is 0 Å². The zero-order valence-electron chi connectivity index (χ0n) is 15.9. The number of carbonyl (C=O) groups excluding carboxylic acids is 1. The maximum absolute atomic E-state index is 14.3. The van der Waals surface area contributed by atoms with Crippen molar-refractivity contribution < 1.29 is 9.18 Å². The molecule has 3 nitrogen and oxygen atoms in total. The Bertz CT molecular complexity index is 810. The largest absolute Gasteiger partial charge is 0.361 e. The van der Waals surface area contributed by atoms with Crippen LogP contribution in [0.3, 0.4) is 0 Å². The number of aromatic amines is 1. The first-order valence-corrected chi connectivity index (χ1v) is 10.0. The third-order valence-corrected chi connectivity index (χ3v) is 6.82. The molecular formula is C22H29FN2O. The van der Waals surface area contributed by atoms with E-state index in [0.29, 0.717) is 23.3 Å². The van der Waals surface area contributed by atoms with Crippen LogP contribution in [0.15, 0.2) is 24.4 Å². The first kappa shape index (κ1) is 17.6. The highest BCUT2D eigenvalue weighted by atomic mass is 19.1. The molecular weight excluding hydrogens is 327 g/mol. The Morgan fingerprint density at radius 1 is 1.35 bits per heavy atom. The molecule has 3 atom stereocenters. The van der Waals surface area contributed by atoms with Crippen LogP contribution in [0.4, 0.5) is 4.39 Å². The molecule has 2 aromatic rings. The lowest BCUT2D eigenvalue weighted by Gasteiger charge is -2.51. The van der Waals surface area contributed by atoms with Gasteiger partial charge in [0.2, 0.25) is 5.91 Å². The van der Waals surface area contributed by atoms with E-state index < -0.39 is 0 Å². The maximum Gasteiger partial charge on any atom is 0.223 e. The second kappa shape index (κ2) is 6.71. The minimum atomic E-state index is -0.212. The number of nitrogens with zero attached hydrogens (tertiary/aromatic N) is 1. The van der Waals surface area contributed by atoms with Crippen molar-refractivity contribution in [3.8, 4) is 0 Å². The molecule has 4 heteroatoms. The zero-order chi connectivity index (χ0) is 18.3. The molecule has 0 radical (unpaired) electrons. The minimum absolute atomic E-state index is 0.00456. The number of H-pyrrole nitrogens is 1. The summed E-state index contributed by atoms with van der Waals surface area (Å²) in [5.74, 6) is 0.0295. The quantitative estimate of drug-likeness (QED) is 0.788. The molecule has 1 N–H and O–H groups in total. The SMILES string of the molecule is CC(CC(=O)N1CCCC2(C)CCCCC12)c1c[nH]c2cccc(F)c12. The van der Waals surface area contributed by atoms with Gasteiger partial charge >= 0.3 is 0 Å². The van der Waals surface area contributed by atoms with E-state index in [-0.39, 0.29) is 17.6 Å². The van der Waals surface area contributed by atoms with Gasteiger partial charge in [-0.05, 0) is 54.7 Å².